The number of fused-ring (bicyclic) bond motifs is 1. The molecule has 216 valence electrons. The van der Waals surface area contributed by atoms with Crippen LogP contribution in [-0.2, 0) is 9.53 Å². The Hall–Kier alpha value is -4.73. The Balaban J connectivity index is 1.55. The van der Waals surface area contributed by atoms with E-state index in [-0.39, 0.29) is 12.2 Å². The molecule has 43 heavy (non-hydrogen) atoms. The van der Waals surface area contributed by atoms with E-state index in [1.54, 1.807) is 42.3 Å². The molecule has 1 aliphatic heterocycles. The quantitative estimate of drug-likeness (QED) is 0.233. The van der Waals surface area contributed by atoms with Crippen molar-refractivity contribution < 1.29 is 14.3 Å². The predicted molar refractivity (Wildman–Crippen MR) is 167 cm³/mol. The number of allylic oxidation sites excluding steroid dienone is 1. The van der Waals surface area contributed by atoms with Gasteiger partial charge in [-0.1, -0.05) is 65.4 Å². The number of halogens is 1. The van der Waals surface area contributed by atoms with Crippen LogP contribution in [-0.4, -0.2) is 34.0 Å². The van der Waals surface area contributed by atoms with Gasteiger partial charge in [0, 0.05) is 22.3 Å². The summed E-state index contributed by atoms with van der Waals surface area (Å²) in [4.78, 5) is 32.5. The van der Waals surface area contributed by atoms with Crippen molar-refractivity contribution in [1.82, 2.24) is 14.3 Å². The van der Waals surface area contributed by atoms with Crippen LogP contribution >= 0.6 is 22.9 Å². The standard InChI is InChI=1S/C33H27ClN4O4S/c1-4-42-32(40)28-20(2)35-33-38(30(28)22-12-16-26(41-3)17-13-22)31(39)27(43-33)18-23-19-37(25-8-6-5-7-9-25)36-29(23)21-10-14-24(34)15-11-21/h5-19,30H,4H2,1-3H3/b27-18+/t30-/m1/s1. The second kappa shape index (κ2) is 11.9. The summed E-state index contributed by atoms with van der Waals surface area (Å²) in [5.74, 6) is 0.160. The van der Waals surface area contributed by atoms with Crippen molar-refractivity contribution >= 4 is 35.0 Å². The van der Waals surface area contributed by atoms with Gasteiger partial charge >= 0.3 is 5.97 Å². The third-order valence-electron chi connectivity index (χ3n) is 7.12. The zero-order valence-electron chi connectivity index (χ0n) is 23.7. The van der Waals surface area contributed by atoms with E-state index in [1.807, 2.05) is 79.0 Å². The summed E-state index contributed by atoms with van der Waals surface area (Å²) in [5, 5.41) is 5.49. The molecule has 0 N–H and O–H groups in total. The van der Waals surface area contributed by atoms with Crippen molar-refractivity contribution in [1.29, 1.82) is 0 Å². The zero-order chi connectivity index (χ0) is 30.1. The van der Waals surface area contributed by atoms with Gasteiger partial charge in [-0.15, -0.1) is 0 Å². The van der Waals surface area contributed by atoms with E-state index < -0.39 is 12.0 Å². The molecule has 0 unspecified atom stereocenters. The fourth-order valence-corrected chi connectivity index (χ4v) is 6.24. The maximum Gasteiger partial charge on any atom is 0.338 e. The molecule has 0 bridgehead atoms. The second-order valence-corrected chi connectivity index (χ2v) is 11.2. The fraction of sp³-hybridized carbons (Fsp3) is 0.152. The van der Waals surface area contributed by atoms with E-state index in [0.29, 0.717) is 37.1 Å². The highest BCUT2D eigenvalue weighted by Crippen LogP contribution is 2.32. The molecule has 0 amide bonds. The van der Waals surface area contributed by atoms with Crippen molar-refractivity contribution in [3.8, 4) is 22.7 Å². The first-order chi connectivity index (χ1) is 20.9. The highest BCUT2D eigenvalue weighted by Gasteiger charge is 2.33. The molecule has 3 aromatic carbocycles. The van der Waals surface area contributed by atoms with Crippen molar-refractivity contribution in [3.63, 3.8) is 0 Å². The molecule has 5 aromatic rings. The number of rotatable bonds is 7. The molecule has 10 heteroatoms. The van der Waals surface area contributed by atoms with Gasteiger partial charge in [-0.25, -0.2) is 14.5 Å². The van der Waals surface area contributed by atoms with E-state index >= 15 is 0 Å². The number of carbonyl (C=O) groups excluding carboxylic acids is 1. The molecule has 3 heterocycles. The molecule has 6 rings (SSSR count). The molecular weight excluding hydrogens is 584 g/mol. The summed E-state index contributed by atoms with van der Waals surface area (Å²) in [6.45, 7) is 3.72. The van der Waals surface area contributed by atoms with Crippen molar-refractivity contribution in [2.24, 2.45) is 4.99 Å². The molecular formula is C33H27ClN4O4S. The number of ether oxygens (including phenoxy) is 2. The Morgan fingerprint density at radius 3 is 2.44 bits per heavy atom. The van der Waals surface area contributed by atoms with E-state index in [4.69, 9.17) is 26.2 Å². The molecule has 0 fully saturated rings. The van der Waals surface area contributed by atoms with Crippen molar-refractivity contribution in [2.75, 3.05) is 13.7 Å². The van der Waals surface area contributed by atoms with Gasteiger partial charge in [-0.2, -0.15) is 5.10 Å². The Morgan fingerprint density at radius 1 is 1.05 bits per heavy atom. The van der Waals surface area contributed by atoms with Crippen molar-refractivity contribution in [2.45, 2.75) is 19.9 Å². The summed E-state index contributed by atoms with van der Waals surface area (Å²) in [7, 11) is 1.59. The summed E-state index contributed by atoms with van der Waals surface area (Å²) in [6.07, 6.45) is 3.72. The SMILES string of the molecule is CCOC(=O)C1=C(C)N=c2s/c(=C/c3cn(-c4ccccc4)nc3-c3ccc(Cl)cc3)c(=O)n2[C@@H]1c1ccc(OC)cc1. The lowest BCUT2D eigenvalue weighted by Gasteiger charge is -2.24. The summed E-state index contributed by atoms with van der Waals surface area (Å²) in [5.41, 5.74) is 4.48. The number of hydrogen-bond donors (Lipinski definition) is 0. The Morgan fingerprint density at radius 2 is 1.77 bits per heavy atom. The van der Waals surface area contributed by atoms with Crippen LogP contribution in [0.25, 0.3) is 23.0 Å². The molecule has 8 nitrogen and oxygen atoms in total. The summed E-state index contributed by atoms with van der Waals surface area (Å²) in [6, 6.07) is 23.8. The second-order valence-electron chi connectivity index (χ2n) is 9.80. The molecule has 0 spiro atoms. The first-order valence-electron chi connectivity index (χ1n) is 13.6. The number of carbonyl (C=O) groups is 1. The summed E-state index contributed by atoms with van der Waals surface area (Å²) >= 11 is 7.43. The number of hydrogen-bond acceptors (Lipinski definition) is 7. The van der Waals surface area contributed by atoms with Crippen LogP contribution in [0.4, 0.5) is 0 Å². The molecule has 0 aliphatic carbocycles. The van der Waals surface area contributed by atoms with E-state index in [1.165, 1.54) is 11.3 Å². The van der Waals surface area contributed by atoms with Gasteiger partial charge in [-0.3, -0.25) is 9.36 Å². The number of nitrogens with zero attached hydrogens (tertiary/aromatic N) is 4. The van der Waals surface area contributed by atoms with Gasteiger partial charge in [0.15, 0.2) is 4.80 Å². The van der Waals surface area contributed by atoms with Crippen LogP contribution in [0.5, 0.6) is 5.75 Å². The fourth-order valence-electron chi connectivity index (χ4n) is 5.07. The lowest BCUT2D eigenvalue weighted by molar-refractivity contribution is -0.139. The first-order valence-corrected chi connectivity index (χ1v) is 14.8. The minimum absolute atomic E-state index is 0.203. The molecule has 0 radical (unpaired) electrons. The lowest BCUT2D eigenvalue weighted by atomic mass is 9.96. The number of benzene rings is 3. The van der Waals surface area contributed by atoms with Gasteiger partial charge in [0.25, 0.3) is 5.56 Å². The van der Waals surface area contributed by atoms with Gasteiger partial charge in [0.1, 0.15) is 11.4 Å². The first kappa shape index (κ1) is 28.4. The van der Waals surface area contributed by atoms with E-state index in [0.717, 1.165) is 22.4 Å². The van der Waals surface area contributed by atoms with Crippen LogP contribution in [0.3, 0.4) is 0 Å². The Labute approximate surface area is 256 Å². The number of para-hydroxylation sites is 1. The monoisotopic (exact) mass is 610 g/mol. The van der Waals surface area contributed by atoms with E-state index in [2.05, 4.69) is 4.99 Å². The van der Waals surface area contributed by atoms with Gasteiger partial charge in [-0.05, 0) is 61.9 Å². The maximum absolute atomic E-state index is 14.2. The molecule has 1 aliphatic rings. The minimum Gasteiger partial charge on any atom is -0.497 e. The van der Waals surface area contributed by atoms with Crippen molar-refractivity contribution in [3.05, 3.63) is 132 Å². The minimum atomic E-state index is -0.717. The zero-order valence-corrected chi connectivity index (χ0v) is 25.2. The van der Waals surface area contributed by atoms with Crippen LogP contribution in [0.1, 0.15) is 31.0 Å². The van der Waals surface area contributed by atoms with Crippen LogP contribution in [0.15, 0.2) is 106 Å². The molecule has 0 saturated carbocycles. The number of aromatic nitrogens is 3. The van der Waals surface area contributed by atoms with Gasteiger partial charge in [0.2, 0.25) is 0 Å². The highest BCUT2D eigenvalue weighted by molar-refractivity contribution is 7.07. The highest BCUT2D eigenvalue weighted by atomic mass is 35.5. The topological polar surface area (TPSA) is 87.7 Å². The number of thiazole rings is 1. The number of esters is 1. The molecule has 1 atom stereocenters. The van der Waals surface area contributed by atoms with Gasteiger partial charge in [0.05, 0.1) is 41.2 Å². The summed E-state index contributed by atoms with van der Waals surface area (Å²) < 4.78 is 14.6. The molecule has 0 saturated heterocycles. The van der Waals surface area contributed by atoms with Gasteiger partial charge < -0.3 is 9.47 Å². The predicted octanol–water partition coefficient (Wildman–Crippen LogP) is 5.31. The maximum atomic E-state index is 14.2. The average Bonchev–Trinajstić information content (AvgIpc) is 3.58. The third kappa shape index (κ3) is 5.45. The molecule has 2 aromatic heterocycles. The largest absolute Gasteiger partial charge is 0.497 e. The smallest absolute Gasteiger partial charge is 0.338 e. The number of methoxy groups -OCH3 is 1. The Bertz CT molecular complexity index is 2030. The van der Waals surface area contributed by atoms with Crippen LogP contribution in [0.2, 0.25) is 5.02 Å². The van der Waals surface area contributed by atoms with E-state index in [9.17, 15) is 9.59 Å². The van der Waals surface area contributed by atoms with Crippen LogP contribution in [0, 0.1) is 0 Å². The lowest BCUT2D eigenvalue weighted by Crippen LogP contribution is -2.39. The van der Waals surface area contributed by atoms with Crippen LogP contribution < -0.4 is 19.6 Å². The normalized spacial score (nSPS) is 14.8. The Kier molecular flexibility index (Phi) is 7.84. The third-order valence-corrected chi connectivity index (χ3v) is 8.35. The average molecular weight is 611 g/mol.